The van der Waals surface area contributed by atoms with Crippen molar-refractivity contribution < 1.29 is 17.7 Å². The van der Waals surface area contributed by atoms with E-state index in [9.17, 15) is 0 Å². The minimum atomic E-state index is 0.782. The molecule has 0 fully saturated rings. The molecule has 0 aromatic carbocycles. The summed E-state index contributed by atoms with van der Waals surface area (Å²) >= 11 is 0. The van der Waals surface area contributed by atoms with Crippen LogP contribution in [-0.2, 0) is 12.8 Å². The first-order chi connectivity index (χ1) is 11.9. The van der Waals surface area contributed by atoms with Crippen molar-refractivity contribution in [3.8, 4) is 23.0 Å². The highest BCUT2D eigenvalue weighted by Gasteiger charge is 2.13. The maximum absolute atomic E-state index is 5.56. The molecule has 0 spiro atoms. The SMILES string of the molecule is c1coc(-c2occc2CCCCc2ccoc2-c2ccco2)c1. The van der Waals surface area contributed by atoms with Gasteiger partial charge in [0.1, 0.15) is 0 Å². The fourth-order valence-electron chi connectivity index (χ4n) is 2.94. The van der Waals surface area contributed by atoms with E-state index in [0.717, 1.165) is 48.7 Å². The number of aryl methyl sites for hydroxylation is 2. The van der Waals surface area contributed by atoms with Gasteiger partial charge in [-0.15, -0.1) is 0 Å². The summed E-state index contributed by atoms with van der Waals surface area (Å²) in [6.07, 6.45) is 10.8. The Bertz CT molecular complexity index is 788. The highest BCUT2D eigenvalue weighted by Crippen LogP contribution is 2.28. The van der Waals surface area contributed by atoms with E-state index < -0.39 is 0 Å². The summed E-state index contributed by atoms with van der Waals surface area (Å²) in [5.41, 5.74) is 2.37. The lowest BCUT2D eigenvalue weighted by molar-refractivity contribution is 0.520. The van der Waals surface area contributed by atoms with Crippen LogP contribution in [0, 0.1) is 0 Å². The molecule has 4 nitrogen and oxygen atoms in total. The van der Waals surface area contributed by atoms with Crippen LogP contribution < -0.4 is 0 Å². The molecule has 0 unspecified atom stereocenters. The molecule has 0 amide bonds. The van der Waals surface area contributed by atoms with Crippen LogP contribution in [0.3, 0.4) is 0 Å². The number of rotatable bonds is 7. The van der Waals surface area contributed by atoms with Gasteiger partial charge in [0.15, 0.2) is 23.0 Å². The summed E-state index contributed by atoms with van der Waals surface area (Å²) in [7, 11) is 0. The standard InChI is InChI=1S/C20H18O4/c1(5-15-9-13-23-19(15)17-7-3-11-21-17)2-6-16-10-14-24-20(16)18-8-4-12-22-18/h3-4,7-14H,1-2,5-6H2. The molecule has 0 radical (unpaired) electrons. The fraction of sp³-hybridized carbons (Fsp3) is 0.200. The van der Waals surface area contributed by atoms with Crippen molar-refractivity contribution in [1.29, 1.82) is 0 Å². The molecule has 4 aromatic rings. The van der Waals surface area contributed by atoms with Gasteiger partial charge in [0.2, 0.25) is 0 Å². The minimum Gasteiger partial charge on any atom is -0.461 e. The second-order valence-corrected chi connectivity index (χ2v) is 5.71. The Hall–Kier alpha value is -2.88. The first-order valence-corrected chi connectivity index (χ1v) is 8.12. The largest absolute Gasteiger partial charge is 0.461 e. The summed E-state index contributed by atoms with van der Waals surface area (Å²) in [4.78, 5) is 0. The molecule has 4 heteroatoms. The number of hydrogen-bond donors (Lipinski definition) is 0. The molecule has 4 aromatic heterocycles. The molecule has 0 saturated heterocycles. The van der Waals surface area contributed by atoms with Crippen LogP contribution in [0.25, 0.3) is 23.0 Å². The van der Waals surface area contributed by atoms with Crippen LogP contribution in [0.15, 0.2) is 79.1 Å². The van der Waals surface area contributed by atoms with Gasteiger partial charge in [-0.1, -0.05) is 0 Å². The van der Waals surface area contributed by atoms with Gasteiger partial charge in [0.05, 0.1) is 25.1 Å². The van der Waals surface area contributed by atoms with Gasteiger partial charge in [-0.25, -0.2) is 0 Å². The summed E-state index contributed by atoms with van der Waals surface area (Å²) in [6, 6.07) is 11.6. The van der Waals surface area contributed by atoms with Crippen LogP contribution in [0.5, 0.6) is 0 Å². The van der Waals surface area contributed by atoms with E-state index in [0.29, 0.717) is 0 Å². The van der Waals surface area contributed by atoms with Crippen molar-refractivity contribution in [2.75, 3.05) is 0 Å². The molecular formula is C20H18O4. The molecular weight excluding hydrogens is 304 g/mol. The minimum absolute atomic E-state index is 0.782. The third kappa shape index (κ3) is 2.95. The molecule has 0 aliphatic carbocycles. The van der Waals surface area contributed by atoms with Gasteiger partial charge in [-0.05, 0) is 62.1 Å². The molecule has 0 aliphatic rings. The third-order valence-electron chi connectivity index (χ3n) is 4.13. The maximum Gasteiger partial charge on any atom is 0.172 e. The Kier molecular flexibility index (Phi) is 4.11. The fourth-order valence-corrected chi connectivity index (χ4v) is 2.94. The highest BCUT2D eigenvalue weighted by molar-refractivity contribution is 5.55. The highest BCUT2D eigenvalue weighted by atomic mass is 16.4. The summed E-state index contributed by atoms with van der Waals surface area (Å²) < 4.78 is 22.0. The Morgan fingerprint density at radius 2 is 1.04 bits per heavy atom. The predicted octanol–water partition coefficient (Wildman–Crippen LogP) is 5.96. The molecule has 0 N–H and O–H groups in total. The zero-order chi connectivity index (χ0) is 16.2. The summed E-state index contributed by atoms with van der Waals surface area (Å²) in [5, 5.41) is 0. The lowest BCUT2D eigenvalue weighted by atomic mass is 10.0. The Morgan fingerprint density at radius 3 is 1.46 bits per heavy atom. The van der Waals surface area contributed by atoms with E-state index in [1.54, 1.807) is 25.1 Å². The first kappa shape index (κ1) is 14.7. The second-order valence-electron chi connectivity index (χ2n) is 5.71. The lowest BCUT2D eigenvalue weighted by Gasteiger charge is -2.02. The molecule has 4 heterocycles. The molecule has 122 valence electrons. The summed E-state index contributed by atoms with van der Waals surface area (Å²) in [6.45, 7) is 0. The molecule has 4 rings (SSSR count). The van der Waals surface area contributed by atoms with E-state index in [1.165, 1.54) is 11.1 Å². The third-order valence-corrected chi connectivity index (χ3v) is 4.13. The van der Waals surface area contributed by atoms with E-state index in [1.807, 2.05) is 36.4 Å². The van der Waals surface area contributed by atoms with E-state index in [2.05, 4.69) is 0 Å². The normalized spacial score (nSPS) is 11.2. The van der Waals surface area contributed by atoms with Crippen LogP contribution in [0.2, 0.25) is 0 Å². The second kappa shape index (κ2) is 6.71. The number of unbranched alkanes of at least 4 members (excludes halogenated alkanes) is 1. The molecule has 0 aliphatic heterocycles. The van der Waals surface area contributed by atoms with Gasteiger partial charge in [-0.2, -0.15) is 0 Å². The van der Waals surface area contributed by atoms with Gasteiger partial charge >= 0.3 is 0 Å². The average molecular weight is 322 g/mol. The van der Waals surface area contributed by atoms with Gasteiger partial charge < -0.3 is 17.7 Å². The monoisotopic (exact) mass is 322 g/mol. The molecule has 0 saturated carbocycles. The van der Waals surface area contributed by atoms with E-state index >= 15 is 0 Å². The number of hydrogen-bond acceptors (Lipinski definition) is 4. The lowest BCUT2D eigenvalue weighted by Crippen LogP contribution is -1.90. The quantitative estimate of drug-likeness (QED) is 0.394. The maximum atomic E-state index is 5.56. The average Bonchev–Trinajstić information content (AvgIpc) is 3.40. The zero-order valence-corrected chi connectivity index (χ0v) is 13.2. The first-order valence-electron chi connectivity index (χ1n) is 8.12. The Morgan fingerprint density at radius 1 is 0.542 bits per heavy atom. The van der Waals surface area contributed by atoms with Crippen LogP contribution in [0.4, 0.5) is 0 Å². The van der Waals surface area contributed by atoms with Crippen molar-refractivity contribution in [3.05, 3.63) is 72.6 Å². The molecule has 0 atom stereocenters. The van der Waals surface area contributed by atoms with Crippen LogP contribution >= 0.6 is 0 Å². The van der Waals surface area contributed by atoms with Crippen LogP contribution in [0.1, 0.15) is 24.0 Å². The van der Waals surface area contributed by atoms with Crippen molar-refractivity contribution >= 4 is 0 Å². The van der Waals surface area contributed by atoms with Crippen molar-refractivity contribution in [2.24, 2.45) is 0 Å². The summed E-state index contributed by atoms with van der Waals surface area (Å²) in [5.74, 6) is 3.23. The predicted molar refractivity (Wildman–Crippen MR) is 89.5 cm³/mol. The van der Waals surface area contributed by atoms with Gasteiger partial charge in [-0.3, -0.25) is 0 Å². The van der Waals surface area contributed by atoms with E-state index in [4.69, 9.17) is 17.7 Å². The van der Waals surface area contributed by atoms with Crippen LogP contribution in [-0.4, -0.2) is 0 Å². The van der Waals surface area contributed by atoms with Gasteiger partial charge in [0.25, 0.3) is 0 Å². The number of furan rings is 4. The topological polar surface area (TPSA) is 52.6 Å². The van der Waals surface area contributed by atoms with Crippen molar-refractivity contribution in [1.82, 2.24) is 0 Å². The zero-order valence-electron chi connectivity index (χ0n) is 13.2. The smallest absolute Gasteiger partial charge is 0.172 e. The van der Waals surface area contributed by atoms with Crippen molar-refractivity contribution in [2.45, 2.75) is 25.7 Å². The van der Waals surface area contributed by atoms with E-state index in [-0.39, 0.29) is 0 Å². The molecule has 24 heavy (non-hydrogen) atoms. The Labute approximate surface area is 139 Å². The van der Waals surface area contributed by atoms with Gasteiger partial charge in [0, 0.05) is 11.1 Å². The Balaban J connectivity index is 1.35. The van der Waals surface area contributed by atoms with Crippen molar-refractivity contribution in [3.63, 3.8) is 0 Å². The molecule has 0 bridgehead atoms.